The van der Waals surface area contributed by atoms with Crippen molar-refractivity contribution >= 4 is 5.91 Å². The van der Waals surface area contributed by atoms with Crippen molar-refractivity contribution in [3.63, 3.8) is 0 Å². The fourth-order valence-electron chi connectivity index (χ4n) is 2.62. The predicted octanol–water partition coefficient (Wildman–Crippen LogP) is 2.98. The normalized spacial score (nSPS) is 25.1. The van der Waals surface area contributed by atoms with Crippen LogP contribution in [-0.2, 0) is 4.79 Å². The highest BCUT2D eigenvalue weighted by atomic mass is 16.1. The van der Waals surface area contributed by atoms with Crippen LogP contribution in [0.3, 0.4) is 0 Å². The monoisotopic (exact) mass is 235 g/mol. The summed E-state index contributed by atoms with van der Waals surface area (Å²) in [5, 5.41) is 2.93. The van der Waals surface area contributed by atoms with Crippen LogP contribution in [0.5, 0.6) is 0 Å². The Kier molecular flexibility index (Phi) is 5.05. The van der Waals surface area contributed by atoms with Gasteiger partial charge >= 0.3 is 0 Å². The summed E-state index contributed by atoms with van der Waals surface area (Å²) < 4.78 is 0. The Bertz CT molecular complexity index is 287. The third-order valence-electron chi connectivity index (χ3n) is 3.89. The Morgan fingerprint density at radius 3 is 2.35 bits per heavy atom. The molecule has 0 heterocycles. The topological polar surface area (TPSA) is 29.1 Å². The van der Waals surface area contributed by atoms with Gasteiger partial charge in [0.1, 0.15) is 0 Å². The minimum Gasteiger partial charge on any atom is -0.355 e. The summed E-state index contributed by atoms with van der Waals surface area (Å²) in [6, 6.07) is 0. The molecule has 0 spiro atoms. The van der Waals surface area contributed by atoms with E-state index >= 15 is 0 Å². The van der Waals surface area contributed by atoms with Crippen LogP contribution in [0.25, 0.3) is 0 Å². The smallest absolute Gasteiger partial charge is 0.223 e. The fraction of sp³-hybridized carbons (Fsp3) is 0.800. The second kappa shape index (κ2) is 6.10. The van der Waals surface area contributed by atoms with Crippen molar-refractivity contribution in [3.05, 3.63) is 0 Å². The third kappa shape index (κ3) is 4.42. The van der Waals surface area contributed by atoms with Crippen LogP contribution < -0.4 is 5.32 Å². The van der Waals surface area contributed by atoms with Crippen LogP contribution in [-0.4, -0.2) is 12.5 Å². The van der Waals surface area contributed by atoms with Gasteiger partial charge in [0.2, 0.25) is 5.91 Å². The summed E-state index contributed by atoms with van der Waals surface area (Å²) >= 11 is 0. The highest BCUT2D eigenvalue weighted by molar-refractivity contribution is 5.78. The number of amides is 1. The van der Waals surface area contributed by atoms with Crippen LogP contribution in [0.15, 0.2) is 0 Å². The van der Waals surface area contributed by atoms with E-state index in [0.29, 0.717) is 18.4 Å². The second-order valence-corrected chi connectivity index (χ2v) is 6.16. The summed E-state index contributed by atoms with van der Waals surface area (Å²) in [4.78, 5) is 11.8. The number of rotatable bonds is 3. The number of nitrogens with one attached hydrogen (secondary N) is 1. The molecule has 1 fully saturated rings. The van der Waals surface area contributed by atoms with E-state index in [0.717, 1.165) is 18.8 Å². The lowest BCUT2D eigenvalue weighted by Gasteiger charge is -2.36. The number of carbonyl (C=O) groups excluding carboxylic acids is 1. The molecule has 0 aromatic heterocycles. The molecule has 0 bridgehead atoms. The molecule has 0 aliphatic heterocycles. The maximum atomic E-state index is 11.8. The second-order valence-electron chi connectivity index (χ2n) is 6.16. The number of terminal acetylenes is 1. The summed E-state index contributed by atoms with van der Waals surface area (Å²) in [7, 11) is 0. The van der Waals surface area contributed by atoms with E-state index in [-0.39, 0.29) is 11.8 Å². The first kappa shape index (κ1) is 14.1. The number of carbonyl (C=O) groups is 1. The Hall–Kier alpha value is -0.970. The van der Waals surface area contributed by atoms with Gasteiger partial charge in [-0.2, -0.15) is 0 Å². The zero-order valence-corrected chi connectivity index (χ0v) is 11.4. The summed E-state index contributed by atoms with van der Waals surface area (Å²) in [5.41, 5.74) is 0.380. The van der Waals surface area contributed by atoms with Crippen molar-refractivity contribution in [2.45, 2.75) is 52.9 Å². The average molecular weight is 235 g/mol. The Morgan fingerprint density at radius 1 is 1.29 bits per heavy atom. The van der Waals surface area contributed by atoms with Gasteiger partial charge in [-0.25, -0.2) is 0 Å². The van der Waals surface area contributed by atoms with Crippen molar-refractivity contribution in [1.82, 2.24) is 5.32 Å². The van der Waals surface area contributed by atoms with Crippen LogP contribution >= 0.6 is 0 Å². The predicted molar refractivity (Wildman–Crippen MR) is 71.4 cm³/mol. The van der Waals surface area contributed by atoms with Gasteiger partial charge in [-0.15, -0.1) is 12.3 Å². The van der Waals surface area contributed by atoms with Crippen LogP contribution in [0.2, 0.25) is 0 Å². The first-order chi connectivity index (χ1) is 7.95. The molecule has 0 atom stereocenters. The first-order valence-corrected chi connectivity index (χ1v) is 6.66. The molecular weight excluding hydrogens is 210 g/mol. The molecule has 0 aromatic carbocycles. The SMILES string of the molecule is C#CCCNC(=O)C1CCC(C(C)(C)C)CC1. The lowest BCUT2D eigenvalue weighted by molar-refractivity contribution is -0.126. The average Bonchev–Trinajstić information content (AvgIpc) is 2.28. The lowest BCUT2D eigenvalue weighted by atomic mass is 9.69. The van der Waals surface area contributed by atoms with Gasteiger partial charge < -0.3 is 5.32 Å². The largest absolute Gasteiger partial charge is 0.355 e. The maximum Gasteiger partial charge on any atom is 0.223 e. The van der Waals surface area contributed by atoms with Gasteiger partial charge in [0.15, 0.2) is 0 Å². The minimum absolute atomic E-state index is 0.201. The van der Waals surface area contributed by atoms with Gasteiger partial charge in [0.05, 0.1) is 0 Å². The quantitative estimate of drug-likeness (QED) is 0.591. The van der Waals surface area contributed by atoms with E-state index in [1.54, 1.807) is 0 Å². The molecule has 1 saturated carbocycles. The van der Waals surface area contributed by atoms with E-state index < -0.39 is 0 Å². The zero-order chi connectivity index (χ0) is 12.9. The van der Waals surface area contributed by atoms with Crippen LogP contribution in [0, 0.1) is 29.6 Å². The molecular formula is C15H25NO. The lowest BCUT2D eigenvalue weighted by Crippen LogP contribution is -2.35. The molecule has 17 heavy (non-hydrogen) atoms. The Balaban J connectivity index is 2.32. The molecule has 96 valence electrons. The van der Waals surface area contributed by atoms with Crippen molar-refractivity contribution in [2.75, 3.05) is 6.54 Å². The van der Waals surface area contributed by atoms with E-state index in [1.807, 2.05) is 0 Å². The molecule has 0 radical (unpaired) electrons. The van der Waals surface area contributed by atoms with E-state index in [9.17, 15) is 4.79 Å². The van der Waals surface area contributed by atoms with Crippen molar-refractivity contribution in [1.29, 1.82) is 0 Å². The van der Waals surface area contributed by atoms with Crippen molar-refractivity contribution < 1.29 is 4.79 Å². The molecule has 1 rings (SSSR count). The van der Waals surface area contributed by atoms with E-state index in [1.165, 1.54) is 12.8 Å². The van der Waals surface area contributed by atoms with Crippen LogP contribution in [0.1, 0.15) is 52.9 Å². The molecule has 2 heteroatoms. The summed E-state index contributed by atoms with van der Waals surface area (Å²) in [6.07, 6.45) is 10.2. The first-order valence-electron chi connectivity index (χ1n) is 6.66. The molecule has 2 nitrogen and oxygen atoms in total. The van der Waals surface area contributed by atoms with E-state index in [4.69, 9.17) is 6.42 Å². The highest BCUT2D eigenvalue weighted by Crippen LogP contribution is 2.39. The van der Waals surface area contributed by atoms with Crippen molar-refractivity contribution in [2.24, 2.45) is 17.3 Å². The molecule has 1 aliphatic carbocycles. The van der Waals surface area contributed by atoms with Gasteiger partial charge in [0.25, 0.3) is 0 Å². The van der Waals surface area contributed by atoms with Crippen LogP contribution in [0.4, 0.5) is 0 Å². The Labute approximate surface area is 106 Å². The maximum absolute atomic E-state index is 11.8. The molecule has 1 amide bonds. The van der Waals surface area contributed by atoms with Gasteiger partial charge in [0, 0.05) is 18.9 Å². The summed E-state index contributed by atoms with van der Waals surface area (Å²) in [6.45, 7) is 7.51. The summed E-state index contributed by atoms with van der Waals surface area (Å²) in [5.74, 6) is 3.72. The number of hydrogen-bond donors (Lipinski definition) is 1. The van der Waals surface area contributed by atoms with Gasteiger partial charge in [-0.1, -0.05) is 20.8 Å². The molecule has 0 unspecified atom stereocenters. The molecule has 0 saturated heterocycles. The minimum atomic E-state index is 0.201. The molecule has 1 N–H and O–H groups in total. The van der Waals surface area contributed by atoms with Gasteiger partial charge in [-0.05, 0) is 37.0 Å². The fourth-order valence-corrected chi connectivity index (χ4v) is 2.62. The molecule has 0 aromatic rings. The highest BCUT2D eigenvalue weighted by Gasteiger charge is 2.32. The third-order valence-corrected chi connectivity index (χ3v) is 3.89. The van der Waals surface area contributed by atoms with Crippen molar-refractivity contribution in [3.8, 4) is 12.3 Å². The number of hydrogen-bond acceptors (Lipinski definition) is 1. The van der Waals surface area contributed by atoms with E-state index in [2.05, 4.69) is 32.0 Å². The molecule has 1 aliphatic rings. The zero-order valence-electron chi connectivity index (χ0n) is 11.4. The standard InChI is InChI=1S/C15H25NO/c1-5-6-11-16-14(17)12-7-9-13(10-8-12)15(2,3)4/h1,12-13H,6-11H2,2-4H3,(H,16,17). The van der Waals surface area contributed by atoms with Gasteiger partial charge in [-0.3, -0.25) is 4.79 Å². The Morgan fingerprint density at radius 2 is 1.88 bits per heavy atom.